The molecule has 0 atom stereocenters. The van der Waals surface area contributed by atoms with Gasteiger partial charge in [-0.1, -0.05) is 35.1 Å². The quantitative estimate of drug-likeness (QED) is 0.490. The van der Waals surface area contributed by atoms with Crippen molar-refractivity contribution in [3.05, 3.63) is 42.2 Å². The van der Waals surface area contributed by atoms with Crippen molar-refractivity contribution in [1.29, 1.82) is 0 Å². The first kappa shape index (κ1) is 14.8. The first-order chi connectivity index (χ1) is 10.1. The van der Waals surface area contributed by atoms with Crippen LogP contribution in [0.5, 0.6) is 0 Å². The number of nitrogens with zero attached hydrogens (tertiary/aromatic N) is 3. The van der Waals surface area contributed by atoms with E-state index in [0.717, 1.165) is 4.90 Å². The van der Waals surface area contributed by atoms with Crippen LogP contribution in [0.1, 0.15) is 5.82 Å². The number of hydrogen-bond acceptors (Lipinski definition) is 7. The number of anilines is 1. The minimum Gasteiger partial charge on any atom is -0.476 e. The molecule has 1 aromatic heterocycles. The number of hydrogen-bond donors (Lipinski definition) is 2. The van der Waals surface area contributed by atoms with E-state index >= 15 is 0 Å². The number of oxime groups is 1. The van der Waals surface area contributed by atoms with Crippen molar-refractivity contribution in [1.82, 2.24) is 9.97 Å². The lowest BCUT2D eigenvalue weighted by atomic mass is 10.3. The summed E-state index contributed by atoms with van der Waals surface area (Å²) in [5.41, 5.74) is 5.29. The standard InChI is InChI=1S/C13H12N4O3S/c1-20-17-11(13(18)19)12-15-9(14)7-10(16-12)21-8-5-3-2-4-6-8/h2-7H,1H3,(H,18,19)(H2,14,15,16). The molecular weight excluding hydrogens is 292 g/mol. The Balaban J connectivity index is 2.37. The van der Waals surface area contributed by atoms with E-state index in [1.165, 1.54) is 18.9 Å². The molecule has 3 N–H and O–H groups in total. The minimum atomic E-state index is -1.29. The fraction of sp³-hybridized carbons (Fsp3) is 0.0769. The van der Waals surface area contributed by atoms with Crippen LogP contribution in [0.3, 0.4) is 0 Å². The van der Waals surface area contributed by atoms with Crippen LogP contribution in [0.25, 0.3) is 0 Å². The lowest BCUT2D eigenvalue weighted by molar-refractivity contribution is -0.129. The topological polar surface area (TPSA) is 111 Å². The molecule has 0 spiro atoms. The monoisotopic (exact) mass is 304 g/mol. The van der Waals surface area contributed by atoms with Crippen LogP contribution in [0.2, 0.25) is 0 Å². The summed E-state index contributed by atoms with van der Waals surface area (Å²) in [4.78, 5) is 24.6. The first-order valence-electron chi connectivity index (χ1n) is 5.82. The van der Waals surface area contributed by atoms with Gasteiger partial charge in [-0.2, -0.15) is 0 Å². The number of rotatable bonds is 5. The number of benzene rings is 1. The number of nitrogens with two attached hydrogens (primary N) is 1. The van der Waals surface area contributed by atoms with Gasteiger partial charge in [0.2, 0.25) is 5.71 Å². The Morgan fingerprint density at radius 2 is 2.05 bits per heavy atom. The smallest absolute Gasteiger partial charge is 0.361 e. The van der Waals surface area contributed by atoms with Crippen LogP contribution in [0, 0.1) is 0 Å². The van der Waals surface area contributed by atoms with Crippen molar-refractivity contribution < 1.29 is 14.7 Å². The van der Waals surface area contributed by atoms with Crippen LogP contribution >= 0.6 is 11.8 Å². The summed E-state index contributed by atoms with van der Waals surface area (Å²) in [5.74, 6) is -1.23. The molecule has 0 unspecified atom stereocenters. The van der Waals surface area contributed by atoms with E-state index < -0.39 is 11.7 Å². The molecule has 1 heterocycles. The van der Waals surface area contributed by atoms with Crippen LogP contribution in [0.15, 0.2) is 51.5 Å². The summed E-state index contributed by atoms with van der Waals surface area (Å²) < 4.78 is 0. The summed E-state index contributed by atoms with van der Waals surface area (Å²) in [6.45, 7) is 0. The number of aliphatic carboxylic acids is 1. The molecule has 2 aromatic rings. The molecule has 0 saturated carbocycles. The Hall–Kier alpha value is -2.61. The van der Waals surface area contributed by atoms with Gasteiger partial charge in [0.15, 0.2) is 5.82 Å². The average molecular weight is 304 g/mol. The SMILES string of the molecule is CON=C(C(=O)O)c1nc(N)cc(Sc2ccccc2)n1. The molecule has 21 heavy (non-hydrogen) atoms. The third kappa shape index (κ3) is 3.93. The van der Waals surface area contributed by atoms with Gasteiger partial charge < -0.3 is 15.7 Å². The Kier molecular flexibility index (Phi) is 4.72. The van der Waals surface area contributed by atoms with E-state index in [-0.39, 0.29) is 11.6 Å². The Morgan fingerprint density at radius 3 is 2.67 bits per heavy atom. The van der Waals surface area contributed by atoms with Crippen molar-refractivity contribution >= 4 is 29.3 Å². The molecule has 8 heteroatoms. The lowest BCUT2D eigenvalue weighted by Gasteiger charge is -2.05. The minimum absolute atomic E-state index is 0.0946. The van der Waals surface area contributed by atoms with Crippen molar-refractivity contribution in [2.45, 2.75) is 9.92 Å². The van der Waals surface area contributed by atoms with E-state index in [4.69, 9.17) is 10.8 Å². The summed E-state index contributed by atoms with van der Waals surface area (Å²) in [6.07, 6.45) is 0. The van der Waals surface area contributed by atoms with Gasteiger partial charge in [0.25, 0.3) is 0 Å². The number of carboxylic acids is 1. The van der Waals surface area contributed by atoms with Crippen LogP contribution < -0.4 is 5.73 Å². The van der Waals surface area contributed by atoms with E-state index in [0.29, 0.717) is 5.03 Å². The highest BCUT2D eigenvalue weighted by Crippen LogP contribution is 2.26. The molecule has 0 aliphatic carbocycles. The molecular formula is C13H12N4O3S. The molecule has 0 amide bonds. The number of carbonyl (C=O) groups is 1. The van der Waals surface area contributed by atoms with Crippen LogP contribution in [0.4, 0.5) is 5.82 Å². The summed E-state index contributed by atoms with van der Waals surface area (Å²) in [5, 5.41) is 13.0. The molecule has 2 rings (SSSR count). The van der Waals surface area contributed by atoms with Crippen LogP contribution in [-0.4, -0.2) is 33.9 Å². The molecule has 7 nitrogen and oxygen atoms in total. The van der Waals surface area contributed by atoms with Gasteiger partial charge in [-0.05, 0) is 12.1 Å². The van der Waals surface area contributed by atoms with Crippen molar-refractivity contribution in [2.24, 2.45) is 5.16 Å². The largest absolute Gasteiger partial charge is 0.476 e. The highest BCUT2D eigenvalue weighted by Gasteiger charge is 2.18. The van der Waals surface area contributed by atoms with Gasteiger partial charge in [-0.3, -0.25) is 0 Å². The zero-order valence-electron chi connectivity index (χ0n) is 11.1. The normalized spacial score (nSPS) is 11.2. The molecule has 0 saturated heterocycles. The second-order valence-electron chi connectivity index (χ2n) is 3.80. The van der Waals surface area contributed by atoms with Gasteiger partial charge in [-0.25, -0.2) is 14.8 Å². The van der Waals surface area contributed by atoms with Gasteiger partial charge >= 0.3 is 5.97 Å². The van der Waals surface area contributed by atoms with E-state index in [1.807, 2.05) is 30.3 Å². The average Bonchev–Trinajstić information content (AvgIpc) is 2.44. The molecule has 0 bridgehead atoms. The van der Waals surface area contributed by atoms with Gasteiger partial charge in [0, 0.05) is 11.0 Å². The number of aromatic nitrogens is 2. The van der Waals surface area contributed by atoms with E-state index in [9.17, 15) is 4.79 Å². The molecule has 1 aromatic carbocycles. The third-order valence-corrected chi connectivity index (χ3v) is 3.21. The molecule has 0 aliphatic rings. The number of carboxylic acid groups (broad SMARTS) is 1. The molecule has 108 valence electrons. The Morgan fingerprint density at radius 1 is 1.33 bits per heavy atom. The first-order valence-corrected chi connectivity index (χ1v) is 6.64. The summed E-state index contributed by atoms with van der Waals surface area (Å²) in [6, 6.07) is 11.1. The maximum Gasteiger partial charge on any atom is 0.361 e. The van der Waals surface area contributed by atoms with Crippen molar-refractivity contribution in [2.75, 3.05) is 12.8 Å². The molecule has 0 aliphatic heterocycles. The Bertz CT molecular complexity index is 676. The van der Waals surface area contributed by atoms with E-state index in [2.05, 4.69) is 20.0 Å². The van der Waals surface area contributed by atoms with Gasteiger partial charge in [0.05, 0.1) is 0 Å². The zero-order valence-corrected chi connectivity index (χ0v) is 11.9. The predicted molar refractivity (Wildman–Crippen MR) is 78.2 cm³/mol. The van der Waals surface area contributed by atoms with Crippen molar-refractivity contribution in [3.63, 3.8) is 0 Å². The highest BCUT2D eigenvalue weighted by atomic mass is 32.2. The second kappa shape index (κ2) is 6.71. The zero-order chi connectivity index (χ0) is 15.2. The second-order valence-corrected chi connectivity index (χ2v) is 4.89. The maximum absolute atomic E-state index is 11.1. The highest BCUT2D eigenvalue weighted by molar-refractivity contribution is 7.99. The molecule has 0 radical (unpaired) electrons. The third-order valence-electron chi connectivity index (χ3n) is 2.29. The van der Waals surface area contributed by atoms with Crippen LogP contribution in [-0.2, 0) is 9.63 Å². The lowest BCUT2D eigenvalue weighted by Crippen LogP contribution is -2.19. The summed E-state index contributed by atoms with van der Waals surface area (Å²) >= 11 is 1.34. The van der Waals surface area contributed by atoms with Crippen molar-refractivity contribution in [3.8, 4) is 0 Å². The van der Waals surface area contributed by atoms with Gasteiger partial charge in [-0.15, -0.1) is 0 Å². The predicted octanol–water partition coefficient (Wildman–Crippen LogP) is 1.65. The van der Waals surface area contributed by atoms with E-state index in [1.54, 1.807) is 6.07 Å². The fourth-order valence-corrected chi connectivity index (χ4v) is 2.32. The molecule has 0 fully saturated rings. The number of nitrogen functional groups attached to an aromatic ring is 1. The fourth-order valence-electron chi connectivity index (χ4n) is 1.48. The Labute approximate surface area is 124 Å². The van der Waals surface area contributed by atoms with Gasteiger partial charge in [0.1, 0.15) is 18.0 Å². The summed E-state index contributed by atoms with van der Waals surface area (Å²) in [7, 11) is 1.24. The maximum atomic E-state index is 11.1.